The Hall–Kier alpha value is -3.10. The van der Waals surface area contributed by atoms with Gasteiger partial charge in [0, 0.05) is 61.4 Å². The fraction of sp³-hybridized carbons (Fsp3) is 0.333. The first-order chi connectivity index (χ1) is 13.7. The summed E-state index contributed by atoms with van der Waals surface area (Å²) < 4.78 is -0.733. The highest BCUT2D eigenvalue weighted by molar-refractivity contribution is 6.10. The van der Waals surface area contributed by atoms with E-state index in [9.17, 15) is 10.0 Å². The molecule has 1 atom stereocenters. The zero-order valence-electron chi connectivity index (χ0n) is 17.0. The van der Waals surface area contributed by atoms with Crippen molar-refractivity contribution in [3.63, 3.8) is 0 Å². The molecule has 8 heteroatoms. The molecule has 0 radical (unpaired) electrons. The molecule has 1 aromatic carbocycles. The number of nitrogens with zero attached hydrogens (tertiary/aromatic N) is 5. The molecule has 2 aliphatic heterocycles. The van der Waals surface area contributed by atoms with E-state index in [1.807, 2.05) is 42.6 Å². The number of quaternary nitrogens is 1. The third kappa shape index (κ3) is 3.20. The van der Waals surface area contributed by atoms with Crippen LogP contribution in [0.2, 0.25) is 0 Å². The van der Waals surface area contributed by atoms with Crippen molar-refractivity contribution < 1.29 is 4.79 Å². The Morgan fingerprint density at radius 1 is 1.31 bits per heavy atom. The molecular weight excluding hydrogens is 368 g/mol. The first kappa shape index (κ1) is 19.2. The van der Waals surface area contributed by atoms with Gasteiger partial charge < -0.3 is 15.4 Å². The van der Waals surface area contributed by atoms with Gasteiger partial charge in [0.25, 0.3) is 5.91 Å². The number of nitrogens with one attached hydrogen (secondary N) is 1. The third-order valence-corrected chi connectivity index (χ3v) is 5.40. The summed E-state index contributed by atoms with van der Waals surface area (Å²) >= 11 is 0. The van der Waals surface area contributed by atoms with Crippen molar-refractivity contribution in [2.24, 2.45) is 4.99 Å². The number of hydrogen-bond donors (Lipinski definition) is 1. The first-order valence-electron chi connectivity index (χ1n) is 9.47. The number of allylic oxidation sites excluding steroid dienone is 1. The van der Waals surface area contributed by atoms with Crippen molar-refractivity contribution in [3.05, 3.63) is 58.8 Å². The van der Waals surface area contributed by atoms with E-state index in [2.05, 4.69) is 34.1 Å². The average molecular weight is 392 g/mol. The minimum atomic E-state index is -0.733. The van der Waals surface area contributed by atoms with Gasteiger partial charge in [-0.3, -0.25) is 14.4 Å². The number of aromatic nitrogens is 2. The second kappa shape index (κ2) is 6.75. The molecule has 0 aliphatic carbocycles. The van der Waals surface area contributed by atoms with Gasteiger partial charge in [0.1, 0.15) is 12.4 Å². The van der Waals surface area contributed by atoms with Gasteiger partial charge in [0.05, 0.1) is 6.54 Å². The number of carbonyl (C=O) groups excluding carboxylic acids is 1. The molecule has 2 aliphatic rings. The average Bonchev–Trinajstić information content (AvgIpc) is 2.93. The van der Waals surface area contributed by atoms with Crippen LogP contribution in [0.15, 0.2) is 41.7 Å². The molecule has 0 fully saturated rings. The molecule has 0 saturated carbocycles. The first-order valence-corrected chi connectivity index (χ1v) is 9.47. The lowest BCUT2D eigenvalue weighted by Gasteiger charge is -2.38. The number of fused-ring (bicyclic) bond motifs is 1. The van der Waals surface area contributed by atoms with Crippen LogP contribution in [-0.2, 0) is 5.41 Å². The van der Waals surface area contributed by atoms with Gasteiger partial charge in [-0.05, 0) is 5.56 Å². The van der Waals surface area contributed by atoms with E-state index >= 15 is 0 Å². The van der Waals surface area contributed by atoms with Crippen LogP contribution in [0.1, 0.15) is 35.6 Å². The molecule has 0 spiro atoms. The lowest BCUT2D eigenvalue weighted by atomic mass is 9.86. The quantitative estimate of drug-likeness (QED) is 0.640. The summed E-state index contributed by atoms with van der Waals surface area (Å²) in [6.07, 6.45) is 5.31. The molecule has 150 valence electrons. The van der Waals surface area contributed by atoms with Crippen LogP contribution < -0.4 is 9.96 Å². The summed E-state index contributed by atoms with van der Waals surface area (Å²) in [6, 6.07) is 7.57. The lowest BCUT2D eigenvalue weighted by molar-refractivity contribution is 0.0952. The Labute approximate surface area is 169 Å². The molecule has 1 aromatic heterocycles. The van der Waals surface area contributed by atoms with E-state index in [4.69, 9.17) is 0 Å². The summed E-state index contributed by atoms with van der Waals surface area (Å²) in [5, 5.41) is 16.7. The summed E-state index contributed by atoms with van der Waals surface area (Å²) in [5.41, 5.74) is 3.16. The van der Waals surface area contributed by atoms with Crippen molar-refractivity contribution in [1.82, 2.24) is 24.8 Å². The minimum Gasteiger partial charge on any atom is -0.621 e. The monoisotopic (exact) mass is 392 g/mol. The number of aliphatic imine (C=N–C) groups is 1. The van der Waals surface area contributed by atoms with Crippen LogP contribution in [0.3, 0.4) is 0 Å². The van der Waals surface area contributed by atoms with E-state index in [1.165, 1.54) is 13.2 Å². The van der Waals surface area contributed by atoms with Crippen molar-refractivity contribution >= 4 is 29.2 Å². The highest BCUT2D eigenvalue weighted by Crippen LogP contribution is 2.49. The number of hydrogen-bond acceptors (Lipinski definition) is 6. The van der Waals surface area contributed by atoms with E-state index < -0.39 is 10.6 Å². The fourth-order valence-electron chi connectivity index (χ4n) is 4.01. The molecule has 1 unspecified atom stereocenters. The maximum atomic E-state index is 14.2. The fourth-order valence-corrected chi connectivity index (χ4v) is 4.01. The highest BCUT2D eigenvalue weighted by Gasteiger charge is 2.46. The third-order valence-electron chi connectivity index (χ3n) is 5.40. The maximum Gasteiger partial charge on any atom is 0.289 e. The number of rotatable bonds is 3. The zero-order valence-corrected chi connectivity index (χ0v) is 17.0. The molecule has 0 bridgehead atoms. The highest BCUT2D eigenvalue weighted by atomic mass is 16.5. The number of benzene rings is 1. The second-order valence-corrected chi connectivity index (χ2v) is 8.13. The van der Waals surface area contributed by atoms with Crippen molar-refractivity contribution in [3.8, 4) is 0 Å². The molecule has 29 heavy (non-hydrogen) atoms. The molecule has 0 saturated heterocycles. The van der Waals surface area contributed by atoms with Gasteiger partial charge in [-0.1, -0.05) is 26.0 Å². The van der Waals surface area contributed by atoms with Crippen molar-refractivity contribution in [2.75, 3.05) is 27.3 Å². The van der Waals surface area contributed by atoms with Gasteiger partial charge in [-0.15, -0.1) is 0 Å². The Morgan fingerprint density at radius 2 is 2.10 bits per heavy atom. The van der Waals surface area contributed by atoms with Gasteiger partial charge in [0.15, 0.2) is 0 Å². The molecule has 2 aromatic rings. The van der Waals surface area contributed by atoms with Crippen LogP contribution >= 0.6 is 0 Å². The molecule has 8 nitrogen and oxygen atoms in total. The van der Waals surface area contributed by atoms with E-state index in [-0.39, 0.29) is 17.1 Å². The van der Waals surface area contributed by atoms with Gasteiger partial charge in [0.2, 0.25) is 11.6 Å². The second-order valence-electron chi connectivity index (χ2n) is 8.13. The van der Waals surface area contributed by atoms with Crippen LogP contribution in [0.4, 0.5) is 11.5 Å². The Kier molecular flexibility index (Phi) is 4.48. The standard InChI is InChI=1S/C21H24N6O2/c1-21(2)12-27(29,18-7-8-24-19(25-18)20(28)22-3)17-9-14(5-6-16(17)21)15-10-23-13-26(4)11-15/h5-11H,12-13H2,1-4H3,(H,22,28). The minimum absolute atomic E-state index is 0.00972. The normalized spacial score (nSPS) is 22.2. The zero-order chi connectivity index (χ0) is 20.8. The van der Waals surface area contributed by atoms with Crippen molar-refractivity contribution in [2.45, 2.75) is 19.3 Å². The molecule has 1 N–H and O–H groups in total. The van der Waals surface area contributed by atoms with E-state index in [1.54, 1.807) is 6.07 Å². The Bertz CT molecular complexity index is 1050. The van der Waals surface area contributed by atoms with Crippen LogP contribution in [0.25, 0.3) is 5.57 Å². The van der Waals surface area contributed by atoms with Gasteiger partial charge in [-0.2, -0.15) is 4.98 Å². The van der Waals surface area contributed by atoms with E-state index in [0.717, 1.165) is 16.7 Å². The topological polar surface area (TPSA) is 93.5 Å². The van der Waals surface area contributed by atoms with Crippen LogP contribution in [0, 0.1) is 5.21 Å². The van der Waals surface area contributed by atoms with Crippen molar-refractivity contribution in [1.29, 1.82) is 0 Å². The lowest BCUT2D eigenvalue weighted by Crippen LogP contribution is -2.41. The Balaban J connectivity index is 1.85. The number of amides is 1. The molecular formula is C21H24N6O2. The largest absolute Gasteiger partial charge is 0.621 e. The number of carbonyl (C=O) groups is 1. The maximum absolute atomic E-state index is 14.2. The number of hydroxylamine groups is 1. The smallest absolute Gasteiger partial charge is 0.289 e. The summed E-state index contributed by atoms with van der Waals surface area (Å²) in [7, 11) is 3.47. The molecule has 3 heterocycles. The molecule has 1 amide bonds. The molecule has 4 rings (SSSR count). The SMILES string of the molecule is CNC(=O)c1nccc([N+]2([O-])CC(C)(C)c3ccc(C4=CN(C)CN=C4)cc32)n1. The summed E-state index contributed by atoms with van der Waals surface area (Å²) in [5.74, 6) is -0.173. The predicted molar refractivity (Wildman–Crippen MR) is 114 cm³/mol. The van der Waals surface area contributed by atoms with Gasteiger partial charge >= 0.3 is 0 Å². The van der Waals surface area contributed by atoms with Gasteiger partial charge in [-0.25, -0.2) is 4.98 Å². The Morgan fingerprint density at radius 3 is 2.83 bits per heavy atom. The summed E-state index contributed by atoms with van der Waals surface area (Å²) in [4.78, 5) is 26.6. The van der Waals surface area contributed by atoms with Crippen LogP contribution in [0.5, 0.6) is 0 Å². The van der Waals surface area contributed by atoms with Crippen LogP contribution in [-0.4, -0.2) is 54.3 Å². The predicted octanol–water partition coefficient (Wildman–Crippen LogP) is 2.58. The van der Waals surface area contributed by atoms with E-state index in [0.29, 0.717) is 18.9 Å². The summed E-state index contributed by atoms with van der Waals surface area (Å²) in [6.45, 7) is 5.02.